The maximum absolute atomic E-state index is 11.5. The number of hydrogen-bond donors (Lipinski definition) is 1. The van der Waals surface area contributed by atoms with Crippen molar-refractivity contribution in [3.63, 3.8) is 0 Å². The summed E-state index contributed by atoms with van der Waals surface area (Å²) < 4.78 is 10.5. The van der Waals surface area contributed by atoms with Crippen LogP contribution in [0.25, 0.3) is 0 Å². The SMILES string of the molecule is COCCCOCCN1CCCC(C)(C)C1C(=O)O. The van der Waals surface area contributed by atoms with Crippen LogP contribution in [0.5, 0.6) is 0 Å². The van der Waals surface area contributed by atoms with E-state index in [-0.39, 0.29) is 5.41 Å². The Labute approximate surface area is 115 Å². The van der Waals surface area contributed by atoms with Gasteiger partial charge in [0, 0.05) is 26.9 Å². The highest BCUT2D eigenvalue weighted by atomic mass is 16.5. The second kappa shape index (κ2) is 7.82. The predicted molar refractivity (Wildman–Crippen MR) is 73.3 cm³/mol. The van der Waals surface area contributed by atoms with E-state index < -0.39 is 12.0 Å². The molecule has 1 aliphatic heterocycles. The topological polar surface area (TPSA) is 59.0 Å². The number of methoxy groups -OCH3 is 1. The highest BCUT2D eigenvalue weighted by Crippen LogP contribution is 2.35. The van der Waals surface area contributed by atoms with Crippen LogP contribution in [0.3, 0.4) is 0 Å². The van der Waals surface area contributed by atoms with Crippen LogP contribution in [-0.2, 0) is 14.3 Å². The Hall–Kier alpha value is -0.650. The number of ether oxygens (including phenoxy) is 2. The molecule has 0 aromatic heterocycles. The average molecular weight is 273 g/mol. The van der Waals surface area contributed by atoms with Crippen molar-refractivity contribution in [2.45, 2.75) is 39.2 Å². The van der Waals surface area contributed by atoms with Crippen LogP contribution in [0.4, 0.5) is 0 Å². The van der Waals surface area contributed by atoms with Gasteiger partial charge in [0.05, 0.1) is 6.61 Å². The molecule has 0 amide bonds. The maximum atomic E-state index is 11.5. The summed E-state index contributed by atoms with van der Waals surface area (Å²) in [6.45, 7) is 7.57. The monoisotopic (exact) mass is 273 g/mol. The van der Waals surface area contributed by atoms with E-state index in [1.54, 1.807) is 7.11 Å². The minimum Gasteiger partial charge on any atom is -0.480 e. The highest BCUT2D eigenvalue weighted by molar-refractivity contribution is 5.74. The molecule has 5 nitrogen and oxygen atoms in total. The van der Waals surface area contributed by atoms with Gasteiger partial charge in [-0.15, -0.1) is 0 Å². The third kappa shape index (κ3) is 5.09. The molecule has 112 valence electrons. The van der Waals surface area contributed by atoms with Crippen molar-refractivity contribution in [3.8, 4) is 0 Å². The van der Waals surface area contributed by atoms with Gasteiger partial charge >= 0.3 is 5.97 Å². The molecule has 0 aliphatic carbocycles. The van der Waals surface area contributed by atoms with Crippen molar-refractivity contribution in [1.82, 2.24) is 4.90 Å². The molecule has 0 spiro atoms. The average Bonchev–Trinajstić information content (AvgIpc) is 2.31. The van der Waals surface area contributed by atoms with E-state index in [0.29, 0.717) is 26.4 Å². The van der Waals surface area contributed by atoms with Crippen molar-refractivity contribution in [3.05, 3.63) is 0 Å². The largest absolute Gasteiger partial charge is 0.480 e. The summed E-state index contributed by atoms with van der Waals surface area (Å²) in [5.74, 6) is -0.718. The van der Waals surface area contributed by atoms with Gasteiger partial charge in [0.1, 0.15) is 6.04 Å². The first-order valence-corrected chi connectivity index (χ1v) is 7.02. The Morgan fingerprint density at radius 3 is 2.74 bits per heavy atom. The number of nitrogens with zero attached hydrogens (tertiary/aromatic N) is 1. The van der Waals surface area contributed by atoms with Crippen LogP contribution < -0.4 is 0 Å². The first kappa shape index (κ1) is 16.4. The second-order valence-corrected chi connectivity index (χ2v) is 5.83. The zero-order chi connectivity index (χ0) is 14.3. The van der Waals surface area contributed by atoms with Crippen molar-refractivity contribution in [2.24, 2.45) is 5.41 Å². The number of carbonyl (C=O) groups is 1. The van der Waals surface area contributed by atoms with Crippen LogP contribution in [0.2, 0.25) is 0 Å². The molecular weight excluding hydrogens is 246 g/mol. The molecule has 1 fully saturated rings. The molecular formula is C14H27NO4. The van der Waals surface area contributed by atoms with Gasteiger partial charge in [-0.2, -0.15) is 0 Å². The summed E-state index contributed by atoms with van der Waals surface area (Å²) in [6.07, 6.45) is 2.90. The highest BCUT2D eigenvalue weighted by Gasteiger charge is 2.42. The Bertz CT molecular complexity index is 281. The molecule has 0 bridgehead atoms. The first-order chi connectivity index (χ1) is 8.99. The van der Waals surface area contributed by atoms with Crippen LogP contribution in [0.15, 0.2) is 0 Å². The van der Waals surface area contributed by atoms with Gasteiger partial charge in [0.2, 0.25) is 0 Å². The molecule has 0 aromatic carbocycles. The van der Waals surface area contributed by atoms with Gasteiger partial charge in [0.25, 0.3) is 0 Å². The van der Waals surface area contributed by atoms with Gasteiger partial charge in [0.15, 0.2) is 0 Å². The minimum absolute atomic E-state index is 0.167. The maximum Gasteiger partial charge on any atom is 0.321 e. The number of carboxylic acids is 1. The first-order valence-electron chi connectivity index (χ1n) is 7.02. The Morgan fingerprint density at radius 2 is 2.11 bits per heavy atom. The number of carboxylic acid groups (broad SMARTS) is 1. The summed E-state index contributed by atoms with van der Waals surface area (Å²) in [7, 11) is 1.67. The van der Waals surface area contributed by atoms with Gasteiger partial charge < -0.3 is 14.6 Å². The minimum atomic E-state index is -0.718. The molecule has 1 N–H and O–H groups in total. The molecule has 1 atom stereocenters. The van der Waals surface area contributed by atoms with Crippen LogP contribution in [0, 0.1) is 5.41 Å². The van der Waals surface area contributed by atoms with Gasteiger partial charge in [-0.05, 0) is 31.2 Å². The standard InChI is InChI=1S/C14H27NO4/c1-14(2)6-4-7-15(12(14)13(16)17)8-11-19-10-5-9-18-3/h12H,4-11H2,1-3H3,(H,16,17). The van der Waals surface area contributed by atoms with Crippen LogP contribution >= 0.6 is 0 Å². The molecule has 5 heteroatoms. The summed E-state index contributed by atoms with van der Waals surface area (Å²) in [5.41, 5.74) is -0.167. The fourth-order valence-electron chi connectivity index (χ4n) is 2.82. The molecule has 1 saturated heterocycles. The summed E-state index contributed by atoms with van der Waals surface area (Å²) in [6, 6.07) is -0.399. The van der Waals surface area contributed by atoms with Crippen molar-refractivity contribution in [1.29, 1.82) is 0 Å². The van der Waals surface area contributed by atoms with Crippen molar-refractivity contribution >= 4 is 5.97 Å². The molecule has 1 aliphatic rings. The van der Waals surface area contributed by atoms with Crippen molar-refractivity contribution < 1.29 is 19.4 Å². The van der Waals surface area contributed by atoms with E-state index in [2.05, 4.69) is 0 Å². The lowest BCUT2D eigenvalue weighted by molar-refractivity contribution is -0.151. The lowest BCUT2D eigenvalue weighted by Gasteiger charge is -2.44. The van der Waals surface area contributed by atoms with Crippen molar-refractivity contribution in [2.75, 3.05) is 40.0 Å². The Balaban J connectivity index is 2.36. The Morgan fingerprint density at radius 1 is 1.37 bits per heavy atom. The van der Waals surface area contributed by atoms with E-state index in [1.165, 1.54) is 0 Å². The van der Waals surface area contributed by atoms with Crippen LogP contribution in [0.1, 0.15) is 33.1 Å². The molecule has 0 saturated carbocycles. The van der Waals surface area contributed by atoms with Crippen LogP contribution in [-0.4, -0.2) is 62.0 Å². The summed E-state index contributed by atoms with van der Waals surface area (Å²) >= 11 is 0. The number of aliphatic carboxylic acids is 1. The molecule has 0 radical (unpaired) electrons. The van der Waals surface area contributed by atoms with E-state index in [4.69, 9.17) is 9.47 Å². The summed E-state index contributed by atoms with van der Waals surface area (Å²) in [5, 5.41) is 9.42. The molecule has 0 aromatic rings. The Kier molecular flexibility index (Phi) is 6.75. The third-order valence-corrected chi connectivity index (χ3v) is 3.77. The van der Waals surface area contributed by atoms with E-state index in [9.17, 15) is 9.90 Å². The zero-order valence-electron chi connectivity index (χ0n) is 12.4. The number of hydrogen-bond acceptors (Lipinski definition) is 4. The van der Waals surface area contributed by atoms with Gasteiger partial charge in [-0.3, -0.25) is 9.69 Å². The van der Waals surface area contributed by atoms with Gasteiger partial charge in [-0.25, -0.2) is 0 Å². The molecule has 1 rings (SSSR count). The van der Waals surface area contributed by atoms with E-state index in [1.807, 2.05) is 18.7 Å². The molecule has 1 unspecified atom stereocenters. The molecule has 1 heterocycles. The molecule has 19 heavy (non-hydrogen) atoms. The smallest absolute Gasteiger partial charge is 0.321 e. The summed E-state index contributed by atoms with van der Waals surface area (Å²) in [4.78, 5) is 13.5. The quantitative estimate of drug-likeness (QED) is 0.681. The lowest BCUT2D eigenvalue weighted by Crippen LogP contribution is -2.54. The van der Waals surface area contributed by atoms with E-state index >= 15 is 0 Å². The third-order valence-electron chi connectivity index (χ3n) is 3.77. The number of likely N-dealkylation sites (tertiary alicyclic amines) is 1. The van der Waals surface area contributed by atoms with E-state index in [0.717, 1.165) is 25.8 Å². The zero-order valence-corrected chi connectivity index (χ0v) is 12.4. The predicted octanol–water partition coefficient (Wildman–Crippen LogP) is 1.61. The fourth-order valence-corrected chi connectivity index (χ4v) is 2.82. The van der Waals surface area contributed by atoms with Gasteiger partial charge in [-0.1, -0.05) is 13.8 Å². The fraction of sp³-hybridized carbons (Fsp3) is 0.929. The lowest BCUT2D eigenvalue weighted by atomic mass is 9.76. The second-order valence-electron chi connectivity index (χ2n) is 5.83. The normalized spacial score (nSPS) is 23.4. The number of rotatable bonds is 8. The number of piperidine rings is 1.